The minimum Gasteiger partial charge on any atom is -0.354 e. The molecule has 11 heteroatoms. The Morgan fingerprint density at radius 1 is 0.974 bits per heavy atom. The van der Waals surface area contributed by atoms with E-state index in [0.29, 0.717) is 30.7 Å². The van der Waals surface area contributed by atoms with Crippen molar-refractivity contribution in [3.05, 3.63) is 66.2 Å². The molecule has 202 valence electrons. The number of anilines is 2. The van der Waals surface area contributed by atoms with E-state index in [9.17, 15) is 13.6 Å². The Morgan fingerprint density at radius 2 is 1.79 bits per heavy atom. The van der Waals surface area contributed by atoms with E-state index in [1.165, 1.54) is 0 Å². The number of hydrogen-bond acceptors (Lipinski definition) is 7. The van der Waals surface area contributed by atoms with Crippen molar-refractivity contribution < 1.29 is 13.6 Å². The lowest BCUT2D eigenvalue weighted by molar-refractivity contribution is -0.0566. The van der Waals surface area contributed by atoms with Gasteiger partial charge in [0, 0.05) is 82.0 Å². The van der Waals surface area contributed by atoms with Crippen LogP contribution in [0.2, 0.25) is 0 Å². The van der Waals surface area contributed by atoms with Gasteiger partial charge in [-0.25, -0.2) is 13.8 Å². The van der Waals surface area contributed by atoms with Crippen LogP contribution in [-0.2, 0) is 6.54 Å². The number of piperazine rings is 1. The van der Waals surface area contributed by atoms with Crippen molar-refractivity contribution in [2.24, 2.45) is 0 Å². The van der Waals surface area contributed by atoms with Crippen LogP contribution in [0.25, 0.3) is 22.0 Å². The fourth-order valence-corrected chi connectivity index (χ4v) is 5.13. The highest BCUT2D eigenvalue weighted by atomic mass is 19.3. The third-order valence-corrected chi connectivity index (χ3v) is 7.35. The molecule has 0 atom stereocenters. The molecule has 9 nitrogen and oxygen atoms in total. The van der Waals surface area contributed by atoms with Gasteiger partial charge in [0.05, 0.1) is 17.4 Å². The molecule has 2 aliphatic heterocycles. The number of piperidine rings is 1. The number of halogens is 2. The Balaban J connectivity index is 1.17. The topological polar surface area (TPSA) is 102 Å². The van der Waals surface area contributed by atoms with Crippen molar-refractivity contribution in [3.8, 4) is 11.1 Å². The number of carbonyl (C=O) groups excluding carboxylic acids is 1. The van der Waals surface area contributed by atoms with Crippen LogP contribution in [-0.4, -0.2) is 76.2 Å². The molecule has 6 rings (SSSR count). The van der Waals surface area contributed by atoms with E-state index in [-0.39, 0.29) is 24.4 Å². The maximum Gasteiger partial charge on any atom is 0.276 e. The molecule has 2 fully saturated rings. The smallest absolute Gasteiger partial charge is 0.276 e. The van der Waals surface area contributed by atoms with Crippen LogP contribution in [0.3, 0.4) is 0 Å². The second kappa shape index (κ2) is 10.7. The zero-order chi connectivity index (χ0) is 26.8. The van der Waals surface area contributed by atoms with Crippen LogP contribution in [0.15, 0.2) is 55.0 Å². The number of hydrogen-bond donors (Lipinski definition) is 3. The van der Waals surface area contributed by atoms with Crippen LogP contribution < -0.4 is 15.5 Å². The lowest BCUT2D eigenvalue weighted by atomic mass is 10.0. The summed E-state index contributed by atoms with van der Waals surface area (Å²) in [6.45, 7) is 4.95. The van der Waals surface area contributed by atoms with Gasteiger partial charge in [-0.3, -0.25) is 19.8 Å². The number of benzene rings is 1. The maximum atomic E-state index is 13.5. The van der Waals surface area contributed by atoms with Gasteiger partial charge in [0.15, 0.2) is 5.69 Å². The molecule has 0 saturated carbocycles. The number of pyridine rings is 2. The summed E-state index contributed by atoms with van der Waals surface area (Å²) in [5, 5.41) is 14.1. The zero-order valence-corrected chi connectivity index (χ0v) is 21.5. The SMILES string of the molecule is O=C(Nc1ccc(N2CCNCC2)nc1)c1n[nH]c2ccc(-c3cncc(CN4CCC(F)(F)CC4)c3)cc12. The largest absolute Gasteiger partial charge is 0.354 e. The van der Waals surface area contributed by atoms with Crippen molar-refractivity contribution in [1.82, 2.24) is 30.4 Å². The summed E-state index contributed by atoms with van der Waals surface area (Å²) >= 11 is 0. The number of amides is 1. The predicted octanol–water partition coefficient (Wildman–Crippen LogP) is 3.91. The van der Waals surface area contributed by atoms with Crippen LogP contribution in [0.1, 0.15) is 28.9 Å². The summed E-state index contributed by atoms with van der Waals surface area (Å²) in [4.78, 5) is 26.3. The highest BCUT2D eigenvalue weighted by Crippen LogP contribution is 2.30. The van der Waals surface area contributed by atoms with E-state index >= 15 is 0 Å². The Hall–Kier alpha value is -3.96. The van der Waals surface area contributed by atoms with Crippen LogP contribution in [0.5, 0.6) is 0 Å². The van der Waals surface area contributed by atoms with E-state index in [1.54, 1.807) is 18.6 Å². The Kier molecular flexibility index (Phi) is 6.92. The maximum absolute atomic E-state index is 13.5. The minimum atomic E-state index is -2.56. The zero-order valence-electron chi connectivity index (χ0n) is 21.5. The van der Waals surface area contributed by atoms with Crippen LogP contribution in [0.4, 0.5) is 20.3 Å². The van der Waals surface area contributed by atoms with Gasteiger partial charge >= 0.3 is 0 Å². The molecule has 0 aliphatic carbocycles. The number of alkyl halides is 2. The Labute approximate surface area is 224 Å². The van der Waals surface area contributed by atoms with Gasteiger partial charge in [-0.05, 0) is 41.5 Å². The lowest BCUT2D eigenvalue weighted by Crippen LogP contribution is -2.43. The lowest BCUT2D eigenvalue weighted by Gasteiger charge is -2.31. The summed E-state index contributed by atoms with van der Waals surface area (Å²) in [6, 6.07) is 11.5. The van der Waals surface area contributed by atoms with Gasteiger partial charge in [-0.15, -0.1) is 0 Å². The monoisotopic (exact) mass is 532 g/mol. The summed E-state index contributed by atoms with van der Waals surface area (Å²) < 4.78 is 27.0. The van der Waals surface area contributed by atoms with Crippen LogP contribution >= 0.6 is 0 Å². The quantitative estimate of drug-likeness (QED) is 0.346. The second-order valence-electron chi connectivity index (χ2n) is 10.1. The summed E-state index contributed by atoms with van der Waals surface area (Å²) in [5.74, 6) is -2.01. The second-order valence-corrected chi connectivity index (χ2v) is 10.1. The molecular formula is C28H30F2N8O. The minimum absolute atomic E-state index is 0.113. The number of carbonyl (C=O) groups is 1. The molecule has 1 amide bonds. The molecule has 0 spiro atoms. The average molecular weight is 533 g/mol. The molecule has 2 saturated heterocycles. The third-order valence-electron chi connectivity index (χ3n) is 7.35. The molecule has 39 heavy (non-hydrogen) atoms. The fourth-order valence-electron chi connectivity index (χ4n) is 5.13. The molecule has 1 aromatic carbocycles. The number of fused-ring (bicyclic) bond motifs is 1. The molecule has 0 radical (unpaired) electrons. The normalized spacial score (nSPS) is 17.8. The number of H-pyrrole nitrogens is 1. The van der Waals surface area contributed by atoms with Crippen LogP contribution in [0, 0.1) is 0 Å². The molecule has 0 bridgehead atoms. The summed E-state index contributed by atoms with van der Waals surface area (Å²) in [5.41, 5.74) is 4.36. The number of rotatable bonds is 6. The highest BCUT2D eigenvalue weighted by molar-refractivity contribution is 6.11. The summed E-state index contributed by atoms with van der Waals surface area (Å²) in [7, 11) is 0. The third kappa shape index (κ3) is 5.74. The van der Waals surface area contributed by atoms with Crippen molar-refractivity contribution in [3.63, 3.8) is 0 Å². The van der Waals surface area contributed by atoms with Crippen molar-refractivity contribution in [1.29, 1.82) is 0 Å². The van der Waals surface area contributed by atoms with Gasteiger partial charge in [0.2, 0.25) is 0 Å². The van der Waals surface area contributed by atoms with E-state index in [2.05, 4.69) is 35.7 Å². The first-order valence-electron chi connectivity index (χ1n) is 13.2. The molecule has 0 unspecified atom stereocenters. The molecule has 3 aromatic heterocycles. The number of aromatic nitrogens is 4. The van der Waals surface area contributed by atoms with E-state index < -0.39 is 5.92 Å². The van der Waals surface area contributed by atoms with Gasteiger partial charge in [0.1, 0.15) is 5.82 Å². The van der Waals surface area contributed by atoms with E-state index in [1.807, 2.05) is 41.3 Å². The number of nitrogens with one attached hydrogen (secondary N) is 3. The standard InChI is InChI=1S/C28H30F2N8O/c29-28(30)5-9-37(10-6-28)18-19-13-21(16-32-15-19)20-1-3-24-23(14-20)26(36-35-24)27(39)34-22-2-4-25(33-17-22)38-11-7-31-8-12-38/h1-4,13-17,31H,5-12,18H2,(H,34,39)(H,35,36). The number of aromatic amines is 1. The van der Waals surface area contributed by atoms with E-state index in [0.717, 1.165) is 54.2 Å². The predicted molar refractivity (Wildman–Crippen MR) is 146 cm³/mol. The highest BCUT2D eigenvalue weighted by Gasteiger charge is 2.33. The Bertz CT molecular complexity index is 1460. The molecule has 4 aromatic rings. The number of nitrogens with zero attached hydrogens (tertiary/aromatic N) is 5. The van der Waals surface area contributed by atoms with Crippen molar-refractivity contribution in [2.75, 3.05) is 49.5 Å². The summed E-state index contributed by atoms with van der Waals surface area (Å²) in [6.07, 6.45) is 4.97. The molecule has 5 heterocycles. The number of likely N-dealkylation sites (tertiary alicyclic amines) is 1. The van der Waals surface area contributed by atoms with Gasteiger partial charge in [0.25, 0.3) is 11.8 Å². The molecule has 3 N–H and O–H groups in total. The fraction of sp³-hybridized carbons (Fsp3) is 0.357. The molecular weight excluding hydrogens is 502 g/mol. The Morgan fingerprint density at radius 3 is 2.56 bits per heavy atom. The van der Waals surface area contributed by atoms with Crippen molar-refractivity contribution in [2.45, 2.75) is 25.3 Å². The average Bonchev–Trinajstić information content (AvgIpc) is 3.39. The van der Waals surface area contributed by atoms with Gasteiger partial charge in [-0.2, -0.15) is 5.10 Å². The molecule has 2 aliphatic rings. The first-order chi connectivity index (χ1) is 18.9. The first-order valence-corrected chi connectivity index (χ1v) is 13.2. The van der Waals surface area contributed by atoms with Crippen molar-refractivity contribution >= 4 is 28.3 Å². The van der Waals surface area contributed by atoms with E-state index in [4.69, 9.17) is 0 Å². The van der Waals surface area contributed by atoms with Gasteiger partial charge < -0.3 is 15.5 Å². The van der Waals surface area contributed by atoms with Gasteiger partial charge in [-0.1, -0.05) is 6.07 Å². The first kappa shape index (κ1) is 25.3.